The number of ether oxygens (including phenoxy) is 1. The summed E-state index contributed by atoms with van der Waals surface area (Å²) >= 11 is 17.9. The second-order valence-corrected chi connectivity index (χ2v) is 8.85. The molecule has 0 aliphatic heterocycles. The Morgan fingerprint density at radius 2 is 1.69 bits per heavy atom. The van der Waals surface area contributed by atoms with Gasteiger partial charge in [0.25, 0.3) is 15.6 Å². The van der Waals surface area contributed by atoms with Crippen LogP contribution >= 0.6 is 46.1 Å². The molecular weight excluding hydrogens is 459 g/mol. The molecule has 2 N–H and O–H groups in total. The van der Waals surface area contributed by atoms with Crippen LogP contribution in [-0.4, -0.2) is 32.9 Å². The average Bonchev–Trinajstić information content (AvgIpc) is 3.16. The zero-order valence-corrected chi connectivity index (χ0v) is 17.9. The van der Waals surface area contributed by atoms with E-state index in [1.165, 1.54) is 23.5 Å². The summed E-state index contributed by atoms with van der Waals surface area (Å²) in [5, 5.41) is 14.1. The van der Waals surface area contributed by atoms with Crippen LogP contribution in [0.15, 0.2) is 48.5 Å². The summed E-state index contributed by atoms with van der Waals surface area (Å²) in [5.74, 6) is -0.650. The van der Waals surface area contributed by atoms with Gasteiger partial charge in [-0.25, -0.2) is 0 Å². The zero-order chi connectivity index (χ0) is 21.0. The lowest BCUT2D eigenvalue weighted by Crippen LogP contribution is -2.28. The molecule has 3 rings (SSSR count). The Balaban J connectivity index is 1.76. The van der Waals surface area contributed by atoms with Crippen LogP contribution in [0, 0.1) is 0 Å². The minimum Gasteiger partial charge on any atom is -0.497 e. The number of nitrogens with one attached hydrogen (secondary N) is 2. The van der Waals surface area contributed by atoms with Gasteiger partial charge in [0.2, 0.25) is 5.13 Å². The Hall–Kier alpha value is -2.39. The van der Waals surface area contributed by atoms with Gasteiger partial charge in [-0.1, -0.05) is 58.3 Å². The number of halogens is 3. The van der Waals surface area contributed by atoms with E-state index in [1.807, 2.05) is 12.1 Å². The molecule has 150 valence electrons. The summed E-state index contributed by atoms with van der Waals surface area (Å²) in [6.45, 7) is 0. The van der Waals surface area contributed by atoms with Gasteiger partial charge in [0.05, 0.1) is 18.4 Å². The SMILES string of the molecule is COc1ccc(-c2nnc(NC(=O)c3ccccc3NC(=O)C(Cl)(Cl)Cl)s2)cc1. The lowest BCUT2D eigenvalue weighted by atomic mass is 10.1. The molecule has 29 heavy (non-hydrogen) atoms. The number of alkyl halides is 3. The van der Waals surface area contributed by atoms with Crippen LogP contribution in [0.3, 0.4) is 0 Å². The lowest BCUT2D eigenvalue weighted by molar-refractivity contribution is -0.115. The monoisotopic (exact) mass is 470 g/mol. The van der Waals surface area contributed by atoms with Gasteiger partial charge in [-0.05, 0) is 36.4 Å². The molecule has 2 aromatic carbocycles. The van der Waals surface area contributed by atoms with E-state index in [1.54, 1.807) is 31.4 Å². The Kier molecular flexibility index (Phi) is 6.59. The van der Waals surface area contributed by atoms with E-state index in [0.29, 0.717) is 10.1 Å². The van der Waals surface area contributed by atoms with E-state index in [9.17, 15) is 9.59 Å². The van der Waals surface area contributed by atoms with Gasteiger partial charge >= 0.3 is 0 Å². The molecule has 0 unspecified atom stereocenters. The van der Waals surface area contributed by atoms with Crippen LogP contribution in [0.1, 0.15) is 10.4 Å². The highest BCUT2D eigenvalue weighted by atomic mass is 35.6. The fourth-order valence-corrected chi connectivity index (χ4v) is 3.16. The van der Waals surface area contributed by atoms with Crippen molar-refractivity contribution in [3.8, 4) is 16.3 Å². The maximum absolute atomic E-state index is 12.7. The Labute approximate surface area is 184 Å². The topological polar surface area (TPSA) is 93.2 Å². The number of para-hydroxylation sites is 1. The highest BCUT2D eigenvalue weighted by Crippen LogP contribution is 2.30. The molecule has 0 saturated heterocycles. The van der Waals surface area contributed by atoms with Gasteiger partial charge in [-0.3, -0.25) is 14.9 Å². The summed E-state index contributed by atoms with van der Waals surface area (Å²) < 4.78 is 2.97. The maximum Gasteiger partial charge on any atom is 0.276 e. The number of nitrogens with zero attached hydrogens (tertiary/aromatic N) is 2. The number of methoxy groups -OCH3 is 1. The van der Waals surface area contributed by atoms with Crippen LogP contribution in [0.2, 0.25) is 0 Å². The number of amides is 2. The fraction of sp³-hybridized carbons (Fsp3) is 0.111. The number of rotatable bonds is 5. The summed E-state index contributed by atoms with van der Waals surface area (Å²) in [6, 6.07) is 13.6. The van der Waals surface area contributed by atoms with Crippen molar-refractivity contribution in [2.24, 2.45) is 0 Å². The molecule has 0 bridgehead atoms. The van der Waals surface area contributed by atoms with Crippen molar-refractivity contribution < 1.29 is 14.3 Å². The molecule has 0 atom stereocenters. The van der Waals surface area contributed by atoms with E-state index >= 15 is 0 Å². The molecular formula is C18H13Cl3N4O3S. The van der Waals surface area contributed by atoms with E-state index in [2.05, 4.69) is 20.8 Å². The van der Waals surface area contributed by atoms with Crippen molar-refractivity contribution in [2.75, 3.05) is 17.7 Å². The van der Waals surface area contributed by atoms with Crippen molar-refractivity contribution in [2.45, 2.75) is 3.79 Å². The minimum absolute atomic E-state index is 0.177. The lowest BCUT2D eigenvalue weighted by Gasteiger charge is -2.14. The average molecular weight is 472 g/mol. The molecule has 1 heterocycles. The number of hydrogen-bond acceptors (Lipinski definition) is 6. The molecule has 0 radical (unpaired) electrons. The quantitative estimate of drug-likeness (QED) is 0.523. The number of anilines is 2. The van der Waals surface area contributed by atoms with Crippen molar-refractivity contribution in [1.29, 1.82) is 0 Å². The Bertz CT molecular complexity index is 1040. The van der Waals surface area contributed by atoms with E-state index in [-0.39, 0.29) is 11.3 Å². The van der Waals surface area contributed by atoms with Crippen LogP contribution in [0.4, 0.5) is 10.8 Å². The summed E-state index contributed by atoms with van der Waals surface area (Å²) in [5.41, 5.74) is 1.21. The summed E-state index contributed by atoms with van der Waals surface area (Å²) in [7, 11) is 1.58. The molecule has 0 aliphatic rings. The predicted octanol–water partition coefficient (Wildman–Crippen LogP) is 4.77. The van der Waals surface area contributed by atoms with Crippen LogP contribution < -0.4 is 15.4 Å². The van der Waals surface area contributed by atoms with Crippen LogP contribution in [-0.2, 0) is 4.79 Å². The zero-order valence-electron chi connectivity index (χ0n) is 14.8. The molecule has 1 aromatic heterocycles. The third-order valence-corrected chi connectivity index (χ3v) is 5.06. The smallest absolute Gasteiger partial charge is 0.276 e. The van der Waals surface area contributed by atoms with Gasteiger partial charge in [0.15, 0.2) is 0 Å². The minimum atomic E-state index is -2.16. The van der Waals surface area contributed by atoms with E-state index < -0.39 is 15.6 Å². The first-order chi connectivity index (χ1) is 13.8. The van der Waals surface area contributed by atoms with Crippen molar-refractivity contribution in [3.05, 3.63) is 54.1 Å². The van der Waals surface area contributed by atoms with Gasteiger partial charge < -0.3 is 10.1 Å². The van der Waals surface area contributed by atoms with Gasteiger partial charge in [0.1, 0.15) is 10.8 Å². The number of carbonyl (C=O) groups is 2. The third-order valence-electron chi connectivity index (χ3n) is 3.66. The predicted molar refractivity (Wildman–Crippen MR) is 115 cm³/mol. The molecule has 3 aromatic rings. The van der Waals surface area contributed by atoms with Crippen LogP contribution in [0.5, 0.6) is 5.75 Å². The fourth-order valence-electron chi connectivity index (χ4n) is 2.27. The summed E-state index contributed by atoms with van der Waals surface area (Å²) in [4.78, 5) is 24.6. The maximum atomic E-state index is 12.7. The molecule has 0 fully saturated rings. The Morgan fingerprint density at radius 3 is 2.34 bits per heavy atom. The number of carbonyl (C=O) groups excluding carboxylic acids is 2. The number of benzene rings is 2. The van der Waals surface area contributed by atoms with Crippen molar-refractivity contribution in [1.82, 2.24) is 10.2 Å². The highest BCUT2D eigenvalue weighted by Gasteiger charge is 2.31. The first kappa shape index (κ1) is 21.3. The second-order valence-electron chi connectivity index (χ2n) is 5.59. The number of hydrogen-bond donors (Lipinski definition) is 2. The normalized spacial score (nSPS) is 11.0. The first-order valence-electron chi connectivity index (χ1n) is 8.04. The van der Waals surface area contributed by atoms with E-state index in [0.717, 1.165) is 11.3 Å². The van der Waals surface area contributed by atoms with Crippen LogP contribution in [0.25, 0.3) is 10.6 Å². The second kappa shape index (κ2) is 8.96. The van der Waals surface area contributed by atoms with E-state index in [4.69, 9.17) is 39.5 Å². The van der Waals surface area contributed by atoms with Crippen molar-refractivity contribution >= 4 is 68.8 Å². The largest absolute Gasteiger partial charge is 0.497 e. The van der Waals surface area contributed by atoms with Crippen molar-refractivity contribution in [3.63, 3.8) is 0 Å². The first-order valence-corrected chi connectivity index (χ1v) is 9.99. The standard InChI is InChI=1S/C18H13Cl3N4O3S/c1-28-11-8-6-10(7-9-11)15-24-25-17(29-15)23-14(26)12-4-2-3-5-13(12)22-16(27)18(19,20)21/h2-9H,1H3,(H,22,27)(H,23,25,26). The number of aromatic nitrogens is 2. The molecule has 0 aliphatic carbocycles. The highest BCUT2D eigenvalue weighted by molar-refractivity contribution is 7.18. The Morgan fingerprint density at radius 1 is 1.00 bits per heavy atom. The molecule has 2 amide bonds. The summed E-state index contributed by atoms with van der Waals surface area (Å²) in [6.07, 6.45) is 0. The van der Waals surface area contributed by atoms with Gasteiger partial charge in [-0.2, -0.15) is 0 Å². The molecule has 0 saturated carbocycles. The third kappa shape index (κ3) is 5.36. The molecule has 0 spiro atoms. The molecule has 7 nitrogen and oxygen atoms in total. The van der Waals surface area contributed by atoms with Gasteiger partial charge in [0, 0.05) is 5.56 Å². The van der Waals surface area contributed by atoms with Gasteiger partial charge in [-0.15, -0.1) is 10.2 Å². The molecule has 11 heteroatoms.